The maximum absolute atomic E-state index is 5.71. The topological polar surface area (TPSA) is 21.7 Å². The van der Waals surface area contributed by atoms with E-state index in [1.165, 1.54) is 0 Å². The quantitative estimate of drug-likeness (QED) is 0.760. The van der Waals surface area contributed by atoms with Crippen LogP contribution in [0, 0.1) is 0 Å². The van der Waals surface area contributed by atoms with Crippen LogP contribution in [0.2, 0.25) is 0 Å². The van der Waals surface area contributed by atoms with Gasteiger partial charge in [-0.2, -0.15) is 0 Å². The number of nitrogens with zero attached hydrogens (tertiary/aromatic N) is 1. The molecule has 1 heterocycles. The lowest BCUT2D eigenvalue weighted by molar-refractivity contribution is -0.115. The first kappa shape index (κ1) is 10.5. The number of para-hydroxylation sites is 1. The summed E-state index contributed by atoms with van der Waals surface area (Å²) in [5.41, 5.74) is 1.09. The highest BCUT2D eigenvalue weighted by molar-refractivity contribution is 5.44. The van der Waals surface area contributed by atoms with Crippen molar-refractivity contribution in [1.82, 2.24) is 0 Å². The second-order valence-corrected chi connectivity index (χ2v) is 3.74. The van der Waals surface area contributed by atoms with Gasteiger partial charge in [-0.15, -0.1) is 0 Å². The molecule has 0 radical (unpaired) electrons. The fraction of sp³-hybridized carbons (Fsp3) is 0.500. The molecule has 3 nitrogen and oxygen atoms in total. The fourth-order valence-electron chi connectivity index (χ4n) is 1.82. The minimum atomic E-state index is -0.0924. The average Bonchev–Trinajstić information content (AvgIpc) is 2.61. The molecule has 1 aliphatic heterocycles. The summed E-state index contributed by atoms with van der Waals surface area (Å²) in [5.74, 6) is 0. The Morgan fingerprint density at radius 2 is 2.13 bits per heavy atom. The van der Waals surface area contributed by atoms with Crippen molar-refractivity contribution in [3.8, 4) is 0 Å². The van der Waals surface area contributed by atoms with Crippen molar-refractivity contribution in [2.45, 2.75) is 32.6 Å². The van der Waals surface area contributed by atoms with Crippen molar-refractivity contribution in [2.24, 2.45) is 0 Å². The number of hydrogen-bond acceptors (Lipinski definition) is 3. The third-order valence-corrected chi connectivity index (χ3v) is 2.53. The largest absolute Gasteiger partial charge is 0.350 e. The van der Waals surface area contributed by atoms with Crippen LogP contribution in [0.4, 0.5) is 5.69 Å². The molecule has 15 heavy (non-hydrogen) atoms. The number of anilines is 1. The van der Waals surface area contributed by atoms with Gasteiger partial charge in [0.2, 0.25) is 0 Å². The summed E-state index contributed by atoms with van der Waals surface area (Å²) in [5, 5.41) is 1.93. The van der Waals surface area contributed by atoms with Gasteiger partial charge in [0.25, 0.3) is 0 Å². The summed E-state index contributed by atoms with van der Waals surface area (Å²) in [7, 11) is 0. The third-order valence-electron chi connectivity index (χ3n) is 2.53. The number of rotatable bonds is 3. The van der Waals surface area contributed by atoms with Crippen LogP contribution in [-0.2, 0) is 9.57 Å². The predicted octanol–water partition coefficient (Wildman–Crippen LogP) is 2.58. The van der Waals surface area contributed by atoms with E-state index in [-0.39, 0.29) is 6.29 Å². The summed E-state index contributed by atoms with van der Waals surface area (Å²) in [6.45, 7) is 4.82. The van der Waals surface area contributed by atoms with Gasteiger partial charge in [0.05, 0.1) is 11.7 Å². The second kappa shape index (κ2) is 4.64. The van der Waals surface area contributed by atoms with Crippen molar-refractivity contribution >= 4 is 5.69 Å². The van der Waals surface area contributed by atoms with Gasteiger partial charge in [0.1, 0.15) is 0 Å². The molecule has 1 saturated heterocycles. The molecular formula is C12H17NO2. The first-order valence-corrected chi connectivity index (χ1v) is 5.44. The Labute approximate surface area is 90.6 Å². The Hall–Kier alpha value is -1.06. The maximum Gasteiger partial charge on any atom is 0.185 e. The summed E-state index contributed by atoms with van der Waals surface area (Å²) >= 11 is 0. The first-order valence-electron chi connectivity index (χ1n) is 5.44. The number of ether oxygens (including phenoxy) is 1. The van der Waals surface area contributed by atoms with E-state index in [0.717, 1.165) is 12.1 Å². The zero-order chi connectivity index (χ0) is 10.7. The van der Waals surface area contributed by atoms with Gasteiger partial charge in [0.15, 0.2) is 6.29 Å². The van der Waals surface area contributed by atoms with Crippen LogP contribution in [0.15, 0.2) is 30.3 Å². The van der Waals surface area contributed by atoms with Gasteiger partial charge in [-0.3, -0.25) is 0 Å². The van der Waals surface area contributed by atoms with E-state index >= 15 is 0 Å². The SMILES string of the molecule is CCO[C@@H]1C[C@H](C)N(c2ccccc2)O1. The molecule has 0 bridgehead atoms. The van der Waals surface area contributed by atoms with E-state index in [4.69, 9.17) is 9.57 Å². The lowest BCUT2D eigenvalue weighted by Gasteiger charge is -2.21. The van der Waals surface area contributed by atoms with Crippen molar-refractivity contribution in [2.75, 3.05) is 11.7 Å². The third kappa shape index (κ3) is 2.30. The lowest BCUT2D eigenvalue weighted by Crippen LogP contribution is -2.25. The van der Waals surface area contributed by atoms with Crippen molar-refractivity contribution in [1.29, 1.82) is 0 Å². The monoisotopic (exact) mass is 207 g/mol. The molecule has 0 N–H and O–H groups in total. The van der Waals surface area contributed by atoms with Crippen LogP contribution < -0.4 is 5.06 Å². The van der Waals surface area contributed by atoms with Crippen LogP contribution >= 0.6 is 0 Å². The molecule has 0 unspecified atom stereocenters. The Bertz CT molecular complexity index is 302. The smallest absolute Gasteiger partial charge is 0.185 e. The standard InChI is InChI=1S/C12H17NO2/c1-3-14-12-9-10(2)13(15-12)11-7-5-4-6-8-11/h4-8,10,12H,3,9H2,1-2H3/t10-,12-/m0/s1. The highest BCUT2D eigenvalue weighted by atomic mass is 16.8. The molecule has 1 aliphatic rings. The van der Waals surface area contributed by atoms with E-state index < -0.39 is 0 Å². The summed E-state index contributed by atoms with van der Waals surface area (Å²) < 4.78 is 5.46. The van der Waals surface area contributed by atoms with Gasteiger partial charge in [0, 0.05) is 13.0 Å². The average molecular weight is 207 g/mol. The zero-order valence-corrected chi connectivity index (χ0v) is 9.22. The maximum atomic E-state index is 5.71. The van der Waals surface area contributed by atoms with Crippen molar-refractivity contribution in [3.63, 3.8) is 0 Å². The van der Waals surface area contributed by atoms with E-state index in [0.29, 0.717) is 12.6 Å². The van der Waals surface area contributed by atoms with Gasteiger partial charge in [-0.05, 0) is 26.0 Å². The summed E-state index contributed by atoms with van der Waals surface area (Å²) in [6, 6.07) is 10.5. The van der Waals surface area contributed by atoms with Gasteiger partial charge in [-0.25, -0.2) is 9.90 Å². The minimum Gasteiger partial charge on any atom is -0.350 e. The van der Waals surface area contributed by atoms with E-state index in [1.54, 1.807) is 0 Å². The highest BCUT2D eigenvalue weighted by Gasteiger charge is 2.30. The molecular weight excluding hydrogens is 190 g/mol. The first-order chi connectivity index (χ1) is 7.31. The van der Waals surface area contributed by atoms with Crippen LogP contribution in [0.25, 0.3) is 0 Å². The van der Waals surface area contributed by atoms with Gasteiger partial charge < -0.3 is 4.74 Å². The van der Waals surface area contributed by atoms with E-state index in [1.807, 2.05) is 42.3 Å². The zero-order valence-electron chi connectivity index (χ0n) is 9.22. The molecule has 1 fully saturated rings. The summed E-state index contributed by atoms with van der Waals surface area (Å²) in [4.78, 5) is 5.71. The van der Waals surface area contributed by atoms with E-state index in [2.05, 4.69) is 6.92 Å². The predicted molar refractivity (Wildman–Crippen MR) is 59.5 cm³/mol. The molecule has 0 amide bonds. The van der Waals surface area contributed by atoms with Crippen LogP contribution in [0.1, 0.15) is 20.3 Å². The number of hydroxylamine groups is 1. The number of benzene rings is 1. The van der Waals surface area contributed by atoms with Crippen LogP contribution in [0.3, 0.4) is 0 Å². The van der Waals surface area contributed by atoms with Crippen molar-refractivity contribution < 1.29 is 9.57 Å². The molecule has 1 aromatic carbocycles. The summed E-state index contributed by atoms with van der Waals surface area (Å²) in [6.07, 6.45) is 0.827. The molecule has 0 aromatic heterocycles. The molecule has 1 aromatic rings. The normalized spacial score (nSPS) is 25.9. The Balaban J connectivity index is 2.05. The molecule has 0 saturated carbocycles. The molecule has 0 aliphatic carbocycles. The van der Waals surface area contributed by atoms with Gasteiger partial charge in [-0.1, -0.05) is 18.2 Å². The Kier molecular flexibility index (Phi) is 3.23. The van der Waals surface area contributed by atoms with Gasteiger partial charge >= 0.3 is 0 Å². The van der Waals surface area contributed by atoms with E-state index in [9.17, 15) is 0 Å². The lowest BCUT2D eigenvalue weighted by atomic mass is 10.2. The van der Waals surface area contributed by atoms with Crippen LogP contribution in [0.5, 0.6) is 0 Å². The van der Waals surface area contributed by atoms with Crippen molar-refractivity contribution in [3.05, 3.63) is 30.3 Å². The van der Waals surface area contributed by atoms with Crippen LogP contribution in [-0.4, -0.2) is 18.9 Å². The second-order valence-electron chi connectivity index (χ2n) is 3.74. The molecule has 0 spiro atoms. The highest BCUT2D eigenvalue weighted by Crippen LogP contribution is 2.27. The molecule has 3 heteroatoms. The Morgan fingerprint density at radius 1 is 1.40 bits per heavy atom. The molecule has 2 atom stereocenters. The number of hydrogen-bond donors (Lipinski definition) is 0. The molecule has 82 valence electrons. The minimum absolute atomic E-state index is 0.0924. The fourth-order valence-corrected chi connectivity index (χ4v) is 1.82. The Morgan fingerprint density at radius 3 is 2.80 bits per heavy atom. The molecule has 2 rings (SSSR count).